The molecule has 0 spiro atoms. The number of carbonyl (C=O) groups excluding carboxylic acids is 1. The van der Waals surface area contributed by atoms with Crippen molar-refractivity contribution >= 4 is 11.6 Å². The molecule has 1 aromatic carbocycles. The number of carbonyl (C=O) groups is 1. The molecular formula is C17H27FN2O. The number of halogens is 1. The van der Waals surface area contributed by atoms with Crippen molar-refractivity contribution in [3.63, 3.8) is 0 Å². The maximum absolute atomic E-state index is 13.5. The minimum atomic E-state index is -0.277. The number of nitrogens with one attached hydrogen (secondary N) is 1. The maximum Gasteiger partial charge on any atom is 0.240 e. The van der Waals surface area contributed by atoms with Gasteiger partial charge in [0.25, 0.3) is 0 Å². The van der Waals surface area contributed by atoms with Crippen molar-refractivity contribution in [3.8, 4) is 0 Å². The fraction of sp³-hybridized carbons (Fsp3) is 0.588. The second-order valence-electron chi connectivity index (χ2n) is 5.25. The number of hydrogen-bond donors (Lipinski definition) is 1. The predicted molar refractivity (Wildman–Crippen MR) is 86.2 cm³/mol. The van der Waals surface area contributed by atoms with E-state index in [2.05, 4.69) is 5.32 Å². The van der Waals surface area contributed by atoms with Gasteiger partial charge in [-0.2, -0.15) is 0 Å². The summed E-state index contributed by atoms with van der Waals surface area (Å²) in [6, 6.07) is 5.33. The molecule has 0 atom stereocenters. The molecule has 0 aliphatic heterocycles. The average Bonchev–Trinajstić information content (AvgIpc) is 3.02. The highest BCUT2D eigenvalue weighted by molar-refractivity contribution is 5.94. The van der Waals surface area contributed by atoms with Crippen molar-refractivity contribution in [1.29, 1.82) is 0 Å². The molecule has 0 saturated heterocycles. The normalized spacial score (nSPS) is 14.5. The van der Waals surface area contributed by atoms with Gasteiger partial charge in [-0.15, -0.1) is 0 Å². The number of aryl methyl sites for hydroxylation is 1. The maximum atomic E-state index is 13.5. The molecule has 21 heavy (non-hydrogen) atoms. The highest BCUT2D eigenvalue weighted by Crippen LogP contribution is 2.19. The molecule has 1 saturated carbocycles. The largest absolute Gasteiger partial charge is 0.314 e. The molecule has 0 aromatic heterocycles. The van der Waals surface area contributed by atoms with E-state index in [1.165, 1.54) is 23.8 Å². The molecule has 1 aliphatic rings. The second-order valence-corrected chi connectivity index (χ2v) is 5.25. The number of likely N-dealkylation sites (N-methyl/N-ethyl adjacent to an activating group) is 1. The summed E-state index contributed by atoms with van der Waals surface area (Å²) in [5.41, 5.74) is 1.19. The van der Waals surface area contributed by atoms with Gasteiger partial charge in [0.15, 0.2) is 0 Å². The van der Waals surface area contributed by atoms with Gasteiger partial charge in [-0.25, -0.2) is 4.39 Å². The zero-order valence-corrected chi connectivity index (χ0v) is 13.6. The third-order valence-corrected chi connectivity index (χ3v) is 3.81. The van der Waals surface area contributed by atoms with E-state index in [1.54, 1.807) is 26.1 Å². The highest BCUT2D eigenvalue weighted by atomic mass is 19.1. The van der Waals surface area contributed by atoms with Crippen LogP contribution in [0.5, 0.6) is 0 Å². The van der Waals surface area contributed by atoms with E-state index in [-0.39, 0.29) is 11.7 Å². The smallest absolute Gasteiger partial charge is 0.240 e. The van der Waals surface area contributed by atoms with Crippen molar-refractivity contribution in [3.05, 3.63) is 29.6 Å². The molecule has 4 heteroatoms. The van der Waals surface area contributed by atoms with Crippen molar-refractivity contribution in [2.45, 2.75) is 52.5 Å². The number of nitrogens with zero attached hydrogens (tertiary/aromatic N) is 1. The summed E-state index contributed by atoms with van der Waals surface area (Å²) >= 11 is 0. The van der Waals surface area contributed by atoms with E-state index in [0.717, 1.165) is 12.8 Å². The number of amides is 1. The molecule has 3 nitrogen and oxygen atoms in total. The van der Waals surface area contributed by atoms with Crippen LogP contribution in [0.25, 0.3) is 0 Å². The summed E-state index contributed by atoms with van der Waals surface area (Å²) in [4.78, 5) is 13.5. The van der Waals surface area contributed by atoms with Gasteiger partial charge < -0.3 is 10.2 Å². The minimum Gasteiger partial charge on any atom is -0.314 e. The molecule has 1 aliphatic carbocycles. The Labute approximate surface area is 127 Å². The molecule has 0 bridgehead atoms. The molecular weight excluding hydrogens is 267 g/mol. The fourth-order valence-electron chi connectivity index (χ4n) is 2.41. The predicted octanol–water partition coefficient (Wildman–Crippen LogP) is 3.66. The van der Waals surface area contributed by atoms with Gasteiger partial charge in [0.1, 0.15) is 5.82 Å². The van der Waals surface area contributed by atoms with Gasteiger partial charge in [-0.1, -0.05) is 32.8 Å². The third kappa shape index (κ3) is 5.12. The molecule has 1 aromatic rings. The van der Waals surface area contributed by atoms with Gasteiger partial charge in [0, 0.05) is 18.8 Å². The van der Waals surface area contributed by atoms with Gasteiger partial charge in [0.05, 0.1) is 6.54 Å². The van der Waals surface area contributed by atoms with Crippen LogP contribution in [-0.4, -0.2) is 25.5 Å². The van der Waals surface area contributed by atoms with Gasteiger partial charge in [0.2, 0.25) is 5.91 Å². The summed E-state index contributed by atoms with van der Waals surface area (Å²) in [6.07, 6.45) is 4.78. The van der Waals surface area contributed by atoms with Gasteiger partial charge in [-0.05, 0) is 37.5 Å². The number of anilines is 1. The molecule has 1 amide bonds. The first-order valence-corrected chi connectivity index (χ1v) is 7.84. The Morgan fingerprint density at radius 3 is 2.52 bits per heavy atom. The standard InChI is InChI=1S/C15H21FN2O.C2H6/c1-11-7-8-13(9-14(11)16)18(2)15(19)10-17-12-5-3-4-6-12;1-2/h7-9,12,17H,3-6,10H2,1-2H3;1-2H3. The molecule has 1 N–H and O–H groups in total. The number of benzene rings is 1. The SMILES string of the molecule is CC.Cc1ccc(N(C)C(=O)CNC2CCCC2)cc1F. The zero-order chi connectivity index (χ0) is 15.8. The van der Waals surface area contributed by atoms with Crippen LogP contribution in [-0.2, 0) is 4.79 Å². The number of rotatable bonds is 4. The first kappa shape index (κ1) is 17.6. The van der Waals surface area contributed by atoms with Gasteiger partial charge in [-0.3, -0.25) is 4.79 Å². The quantitative estimate of drug-likeness (QED) is 0.919. The van der Waals surface area contributed by atoms with E-state index in [9.17, 15) is 9.18 Å². The lowest BCUT2D eigenvalue weighted by molar-refractivity contribution is -0.117. The molecule has 0 heterocycles. The lowest BCUT2D eigenvalue weighted by Crippen LogP contribution is -2.39. The van der Waals surface area contributed by atoms with Gasteiger partial charge >= 0.3 is 0 Å². The average molecular weight is 294 g/mol. The van der Waals surface area contributed by atoms with E-state index in [0.29, 0.717) is 23.8 Å². The van der Waals surface area contributed by atoms with Crippen LogP contribution in [0, 0.1) is 12.7 Å². The molecule has 2 rings (SSSR count). The lowest BCUT2D eigenvalue weighted by Gasteiger charge is -2.19. The van der Waals surface area contributed by atoms with Crippen LogP contribution in [0.1, 0.15) is 45.1 Å². The van der Waals surface area contributed by atoms with E-state index < -0.39 is 0 Å². The molecule has 0 unspecified atom stereocenters. The van der Waals surface area contributed by atoms with Crippen LogP contribution in [0.4, 0.5) is 10.1 Å². The van der Waals surface area contributed by atoms with Crippen molar-refractivity contribution in [2.75, 3.05) is 18.5 Å². The molecule has 118 valence electrons. The van der Waals surface area contributed by atoms with Crippen LogP contribution < -0.4 is 10.2 Å². The Bertz CT molecular complexity index is 456. The Balaban J connectivity index is 0.00000106. The summed E-state index contributed by atoms with van der Waals surface area (Å²) in [7, 11) is 1.68. The Morgan fingerprint density at radius 1 is 1.33 bits per heavy atom. The summed E-state index contributed by atoms with van der Waals surface area (Å²) in [6.45, 7) is 6.03. The van der Waals surface area contributed by atoms with Crippen LogP contribution in [0.15, 0.2) is 18.2 Å². The summed E-state index contributed by atoms with van der Waals surface area (Å²) in [5, 5.41) is 3.27. The van der Waals surface area contributed by atoms with E-state index in [4.69, 9.17) is 0 Å². The topological polar surface area (TPSA) is 32.3 Å². The summed E-state index contributed by atoms with van der Waals surface area (Å²) < 4.78 is 13.5. The summed E-state index contributed by atoms with van der Waals surface area (Å²) in [5.74, 6) is -0.309. The van der Waals surface area contributed by atoms with Crippen LogP contribution >= 0.6 is 0 Å². The fourth-order valence-corrected chi connectivity index (χ4v) is 2.41. The molecule has 0 radical (unpaired) electrons. The zero-order valence-electron chi connectivity index (χ0n) is 13.6. The first-order chi connectivity index (χ1) is 10.1. The van der Waals surface area contributed by atoms with Crippen molar-refractivity contribution < 1.29 is 9.18 Å². The lowest BCUT2D eigenvalue weighted by atomic mass is 10.2. The second kappa shape index (κ2) is 8.78. The Kier molecular flexibility index (Phi) is 7.37. The highest BCUT2D eigenvalue weighted by Gasteiger charge is 2.17. The van der Waals surface area contributed by atoms with E-state index >= 15 is 0 Å². The molecule has 1 fully saturated rings. The monoisotopic (exact) mass is 294 g/mol. The number of hydrogen-bond acceptors (Lipinski definition) is 2. The Hall–Kier alpha value is -1.42. The van der Waals surface area contributed by atoms with Crippen molar-refractivity contribution in [2.24, 2.45) is 0 Å². The van der Waals surface area contributed by atoms with Crippen LogP contribution in [0.2, 0.25) is 0 Å². The minimum absolute atomic E-state index is 0.0323. The van der Waals surface area contributed by atoms with Crippen LogP contribution in [0.3, 0.4) is 0 Å². The Morgan fingerprint density at radius 2 is 1.95 bits per heavy atom. The van der Waals surface area contributed by atoms with Crippen molar-refractivity contribution in [1.82, 2.24) is 5.32 Å². The van der Waals surface area contributed by atoms with E-state index in [1.807, 2.05) is 13.8 Å². The first-order valence-electron chi connectivity index (χ1n) is 7.84. The third-order valence-electron chi connectivity index (χ3n) is 3.81.